The number of hydrogen-bond donors (Lipinski definition) is 0. The van der Waals surface area contributed by atoms with Crippen LogP contribution in [0.3, 0.4) is 0 Å². The first-order valence-electron chi connectivity index (χ1n) is 7.72. The molecule has 128 valence electrons. The summed E-state index contributed by atoms with van der Waals surface area (Å²) in [5.74, 6) is -1.59. The number of rotatable bonds is 3. The summed E-state index contributed by atoms with van der Waals surface area (Å²) in [4.78, 5) is 24.1. The van der Waals surface area contributed by atoms with E-state index < -0.39 is 29.3 Å². The zero-order chi connectivity index (χ0) is 17.0. The van der Waals surface area contributed by atoms with E-state index in [2.05, 4.69) is 11.3 Å². The normalized spacial score (nSPS) is 38.3. The van der Waals surface area contributed by atoms with Gasteiger partial charge in [0.1, 0.15) is 5.60 Å². The lowest BCUT2D eigenvalue weighted by Crippen LogP contribution is -2.60. The lowest BCUT2D eigenvalue weighted by molar-refractivity contribution is -0.316. The average Bonchev–Trinajstić information content (AvgIpc) is 2.34. The number of alkyl halides is 3. The lowest BCUT2D eigenvalue weighted by atomic mass is 9.48. The molecule has 4 rings (SSSR count). The van der Waals surface area contributed by atoms with Crippen LogP contribution in [0, 0.1) is 17.3 Å². The maximum absolute atomic E-state index is 12.5. The molecular weight excluding hydrogens is 313 g/mol. The summed E-state index contributed by atoms with van der Waals surface area (Å²) >= 11 is 0. The monoisotopic (exact) mass is 332 g/mol. The van der Waals surface area contributed by atoms with Crippen LogP contribution in [0.4, 0.5) is 13.2 Å². The Hall–Kier alpha value is -1.53. The molecule has 0 radical (unpaired) electrons. The molecule has 4 aliphatic rings. The highest BCUT2D eigenvalue weighted by Crippen LogP contribution is 2.63. The Labute approximate surface area is 132 Å². The van der Waals surface area contributed by atoms with Crippen molar-refractivity contribution in [3.63, 3.8) is 0 Å². The van der Waals surface area contributed by atoms with Crippen LogP contribution in [0.15, 0.2) is 12.2 Å². The fourth-order valence-electron chi connectivity index (χ4n) is 5.03. The van der Waals surface area contributed by atoms with Gasteiger partial charge in [0.05, 0.1) is 5.41 Å². The molecule has 4 fully saturated rings. The van der Waals surface area contributed by atoms with Crippen molar-refractivity contribution in [2.24, 2.45) is 17.3 Å². The van der Waals surface area contributed by atoms with Crippen LogP contribution >= 0.6 is 0 Å². The second-order valence-corrected chi connectivity index (χ2v) is 7.43. The van der Waals surface area contributed by atoms with Crippen molar-refractivity contribution in [2.45, 2.75) is 57.4 Å². The molecule has 4 aliphatic carbocycles. The molecule has 0 N–H and O–H groups in total. The number of carbonyl (C=O) groups is 2. The molecule has 0 saturated heterocycles. The van der Waals surface area contributed by atoms with Crippen LogP contribution in [0.2, 0.25) is 0 Å². The van der Waals surface area contributed by atoms with E-state index in [-0.39, 0.29) is 23.8 Å². The van der Waals surface area contributed by atoms with E-state index in [4.69, 9.17) is 4.74 Å². The zero-order valence-corrected chi connectivity index (χ0v) is 12.9. The SMILES string of the molecule is C=C(C)C(=O)OC12CC3CC(C1)CC(C(=O)OC(F)(F)F)(C3)C2. The van der Waals surface area contributed by atoms with E-state index in [1.54, 1.807) is 0 Å². The molecule has 2 atom stereocenters. The largest absolute Gasteiger partial charge is 0.575 e. The summed E-state index contributed by atoms with van der Waals surface area (Å²) in [6.45, 7) is 5.06. The van der Waals surface area contributed by atoms with Gasteiger partial charge >= 0.3 is 18.3 Å². The van der Waals surface area contributed by atoms with Crippen molar-refractivity contribution in [1.29, 1.82) is 0 Å². The fraction of sp³-hybridized carbons (Fsp3) is 0.750. The molecule has 2 unspecified atom stereocenters. The summed E-state index contributed by atoms with van der Waals surface area (Å²) in [6, 6.07) is 0. The molecule has 0 heterocycles. The molecule has 4 saturated carbocycles. The van der Waals surface area contributed by atoms with Crippen LogP contribution in [0.1, 0.15) is 45.4 Å². The molecule has 4 bridgehead atoms. The number of ether oxygens (including phenoxy) is 2. The van der Waals surface area contributed by atoms with Crippen LogP contribution in [-0.2, 0) is 19.1 Å². The van der Waals surface area contributed by atoms with Gasteiger partial charge in [-0.05, 0) is 50.9 Å². The third kappa shape index (κ3) is 2.97. The summed E-state index contributed by atoms with van der Waals surface area (Å²) in [7, 11) is 0. The van der Waals surface area contributed by atoms with Gasteiger partial charge in [0, 0.05) is 12.0 Å². The molecular formula is C16H19F3O4. The standard InChI is InChI=1S/C16H19F3O4/c1-9(2)12(20)22-15-6-10-3-11(7-15)5-14(4-10,8-15)13(21)23-16(17,18)19/h10-11H,1,3-8H2,2H3. The highest BCUT2D eigenvalue weighted by molar-refractivity contribution is 5.87. The maximum atomic E-state index is 12.5. The molecule has 23 heavy (non-hydrogen) atoms. The minimum absolute atomic E-state index is 0.0926. The number of esters is 2. The summed E-state index contributed by atoms with van der Waals surface area (Å²) < 4.78 is 46.7. The van der Waals surface area contributed by atoms with Gasteiger partial charge < -0.3 is 9.47 Å². The molecule has 0 spiro atoms. The highest BCUT2D eigenvalue weighted by atomic mass is 19.4. The van der Waals surface area contributed by atoms with Gasteiger partial charge in [0.15, 0.2) is 0 Å². The van der Waals surface area contributed by atoms with E-state index in [1.165, 1.54) is 6.92 Å². The predicted octanol–water partition coefficient (Wildman–Crippen LogP) is 3.51. The first kappa shape index (κ1) is 16.3. The quantitative estimate of drug-likeness (QED) is 0.586. The van der Waals surface area contributed by atoms with E-state index in [9.17, 15) is 22.8 Å². The summed E-state index contributed by atoms with van der Waals surface area (Å²) in [5.41, 5.74) is -1.80. The minimum Gasteiger partial charge on any atom is -0.456 e. The average molecular weight is 332 g/mol. The zero-order valence-electron chi connectivity index (χ0n) is 12.9. The van der Waals surface area contributed by atoms with Gasteiger partial charge in [-0.3, -0.25) is 4.79 Å². The Morgan fingerprint density at radius 1 is 1.13 bits per heavy atom. The molecule has 0 aromatic carbocycles. The van der Waals surface area contributed by atoms with Crippen molar-refractivity contribution >= 4 is 11.9 Å². The smallest absolute Gasteiger partial charge is 0.456 e. The third-order valence-electron chi connectivity index (χ3n) is 5.31. The Morgan fingerprint density at radius 3 is 2.17 bits per heavy atom. The maximum Gasteiger partial charge on any atom is 0.575 e. The van der Waals surface area contributed by atoms with Crippen molar-refractivity contribution in [1.82, 2.24) is 0 Å². The van der Waals surface area contributed by atoms with Gasteiger partial charge in [-0.15, -0.1) is 13.2 Å². The van der Waals surface area contributed by atoms with E-state index in [0.717, 1.165) is 6.42 Å². The van der Waals surface area contributed by atoms with Crippen LogP contribution in [0.5, 0.6) is 0 Å². The third-order valence-corrected chi connectivity index (χ3v) is 5.31. The van der Waals surface area contributed by atoms with Crippen molar-refractivity contribution in [2.75, 3.05) is 0 Å². The van der Waals surface area contributed by atoms with Crippen LogP contribution < -0.4 is 0 Å². The Balaban J connectivity index is 1.85. The van der Waals surface area contributed by atoms with E-state index in [0.29, 0.717) is 25.7 Å². The van der Waals surface area contributed by atoms with Crippen LogP contribution in [-0.4, -0.2) is 23.9 Å². The van der Waals surface area contributed by atoms with Gasteiger partial charge in [-0.25, -0.2) is 4.79 Å². The van der Waals surface area contributed by atoms with Gasteiger partial charge in [0.2, 0.25) is 0 Å². The second-order valence-electron chi connectivity index (χ2n) is 7.43. The van der Waals surface area contributed by atoms with Crippen molar-refractivity contribution in [3.05, 3.63) is 12.2 Å². The number of carbonyl (C=O) groups excluding carboxylic acids is 2. The van der Waals surface area contributed by atoms with Crippen molar-refractivity contribution in [3.8, 4) is 0 Å². The summed E-state index contributed by atoms with van der Waals surface area (Å²) in [5, 5.41) is 0. The second kappa shape index (κ2) is 4.98. The van der Waals surface area contributed by atoms with Gasteiger partial charge in [-0.2, -0.15) is 0 Å². The lowest BCUT2D eigenvalue weighted by Gasteiger charge is -2.59. The number of halogens is 3. The predicted molar refractivity (Wildman–Crippen MR) is 72.9 cm³/mol. The Morgan fingerprint density at radius 2 is 1.70 bits per heavy atom. The number of hydrogen-bond acceptors (Lipinski definition) is 4. The highest BCUT2D eigenvalue weighted by Gasteiger charge is 2.64. The fourth-order valence-corrected chi connectivity index (χ4v) is 5.03. The van der Waals surface area contributed by atoms with Crippen molar-refractivity contribution < 1.29 is 32.2 Å². The molecule has 0 aliphatic heterocycles. The molecule has 0 aromatic heterocycles. The van der Waals surface area contributed by atoms with Crippen LogP contribution in [0.25, 0.3) is 0 Å². The molecule has 0 aromatic rings. The summed E-state index contributed by atoms with van der Waals surface area (Å²) in [6.07, 6.45) is -2.04. The van der Waals surface area contributed by atoms with E-state index in [1.807, 2.05) is 0 Å². The Bertz CT molecular complexity index is 552. The first-order chi connectivity index (χ1) is 10.5. The minimum atomic E-state index is -4.98. The topological polar surface area (TPSA) is 52.6 Å². The Kier molecular flexibility index (Phi) is 3.54. The molecule has 4 nitrogen and oxygen atoms in total. The van der Waals surface area contributed by atoms with E-state index >= 15 is 0 Å². The van der Waals surface area contributed by atoms with Gasteiger partial charge in [0.25, 0.3) is 0 Å². The molecule has 0 amide bonds. The van der Waals surface area contributed by atoms with Gasteiger partial charge in [-0.1, -0.05) is 6.58 Å². The molecule has 7 heteroatoms. The first-order valence-corrected chi connectivity index (χ1v) is 7.72.